The second kappa shape index (κ2) is 9.16. The van der Waals surface area contributed by atoms with Gasteiger partial charge in [0.2, 0.25) is 0 Å². The Balaban J connectivity index is 1.87. The average Bonchev–Trinajstić information content (AvgIpc) is 2.74. The predicted octanol–water partition coefficient (Wildman–Crippen LogP) is 4.85. The van der Waals surface area contributed by atoms with Crippen LogP contribution in [0.2, 0.25) is 0 Å². The lowest BCUT2D eigenvalue weighted by Gasteiger charge is -2.13. The summed E-state index contributed by atoms with van der Waals surface area (Å²) in [6.45, 7) is 0. The van der Waals surface area contributed by atoms with Gasteiger partial charge < -0.3 is 9.64 Å². The van der Waals surface area contributed by atoms with Gasteiger partial charge in [0, 0.05) is 19.8 Å². The lowest BCUT2D eigenvalue weighted by molar-refractivity contribution is 0.485. The highest BCUT2D eigenvalue weighted by Crippen LogP contribution is 2.31. The molecule has 0 aromatic heterocycles. The van der Waals surface area contributed by atoms with Crippen molar-refractivity contribution >= 4 is 27.5 Å². The Hall–Kier alpha value is -3.76. The van der Waals surface area contributed by atoms with Crippen LogP contribution in [0.4, 0.5) is 11.4 Å². The van der Waals surface area contributed by atoms with E-state index in [-0.39, 0.29) is 5.69 Å². The molecule has 30 heavy (non-hydrogen) atoms. The molecule has 152 valence electrons. The molecule has 0 amide bonds. The van der Waals surface area contributed by atoms with Crippen LogP contribution in [0.1, 0.15) is 5.56 Å². The summed E-state index contributed by atoms with van der Waals surface area (Å²) in [5.74, 6) is 0.904. The summed E-state index contributed by atoms with van der Waals surface area (Å²) in [7, 11) is -0.282. The number of nitriles is 1. The largest absolute Gasteiger partial charge is 0.455 e. The molecule has 3 aromatic carbocycles. The quantitative estimate of drug-likeness (QED) is 0.554. The maximum atomic E-state index is 12.8. The number of nitrogens with one attached hydrogen (secondary N) is 1. The molecule has 0 saturated carbocycles. The molecule has 0 unspecified atom stereocenters. The predicted molar refractivity (Wildman–Crippen MR) is 120 cm³/mol. The highest BCUT2D eigenvalue weighted by molar-refractivity contribution is 7.97. The van der Waals surface area contributed by atoms with Crippen LogP contribution < -0.4 is 14.4 Å². The molecule has 0 bridgehead atoms. The lowest BCUT2D eigenvalue weighted by atomic mass is 10.2. The molecule has 0 atom stereocenters. The smallest absolute Gasteiger partial charge is 0.272 e. The van der Waals surface area contributed by atoms with E-state index in [1.807, 2.05) is 49.3 Å². The van der Waals surface area contributed by atoms with Crippen LogP contribution in [-0.2, 0) is 10.0 Å². The monoisotopic (exact) mass is 419 g/mol. The van der Waals surface area contributed by atoms with Crippen LogP contribution in [0, 0.1) is 11.3 Å². The van der Waals surface area contributed by atoms with Gasteiger partial charge in [-0.3, -0.25) is 4.72 Å². The van der Waals surface area contributed by atoms with E-state index in [4.69, 9.17) is 4.74 Å². The number of sulfonamides is 1. The fourth-order valence-corrected chi connectivity index (χ4v) is 3.62. The molecule has 0 heterocycles. The number of hydrogen-bond donors (Lipinski definition) is 1. The van der Waals surface area contributed by atoms with E-state index < -0.39 is 14.9 Å². The van der Waals surface area contributed by atoms with Crippen molar-refractivity contribution in [1.82, 2.24) is 0 Å². The van der Waals surface area contributed by atoms with E-state index >= 15 is 0 Å². The number of benzene rings is 3. The summed E-state index contributed by atoms with van der Waals surface area (Å²) in [4.78, 5) is 1.54. The van der Waals surface area contributed by atoms with Crippen LogP contribution in [0.25, 0.3) is 6.08 Å². The molecule has 0 aliphatic carbocycles. The van der Waals surface area contributed by atoms with Crippen molar-refractivity contribution in [1.29, 1.82) is 5.26 Å². The lowest BCUT2D eigenvalue weighted by Crippen LogP contribution is -2.14. The van der Waals surface area contributed by atoms with Crippen LogP contribution in [0.3, 0.4) is 0 Å². The van der Waals surface area contributed by atoms with E-state index in [0.29, 0.717) is 17.1 Å². The number of para-hydroxylation sites is 3. The molecule has 0 aliphatic rings. The second-order valence-corrected chi connectivity index (χ2v) is 8.27. The highest BCUT2D eigenvalue weighted by atomic mass is 32.2. The highest BCUT2D eigenvalue weighted by Gasteiger charge is 2.20. The molecule has 0 aliphatic heterocycles. The third-order valence-electron chi connectivity index (χ3n) is 4.21. The number of nitrogens with zero attached hydrogens (tertiary/aromatic N) is 2. The fourth-order valence-electron chi connectivity index (χ4n) is 2.65. The Morgan fingerprint density at radius 2 is 1.60 bits per heavy atom. The Kier molecular flexibility index (Phi) is 6.40. The summed E-state index contributed by atoms with van der Waals surface area (Å²) in [6.07, 6.45) is 1.34. The molecule has 0 saturated heterocycles. The molecule has 0 radical (unpaired) electrons. The number of ether oxygens (including phenoxy) is 1. The minimum atomic E-state index is -4.11. The zero-order valence-electron chi connectivity index (χ0n) is 16.6. The van der Waals surface area contributed by atoms with Crippen molar-refractivity contribution in [3.63, 3.8) is 0 Å². The van der Waals surface area contributed by atoms with Gasteiger partial charge in [-0.1, -0.05) is 42.5 Å². The maximum absolute atomic E-state index is 12.8. The standard InChI is InChI=1S/C23H21N3O3S/c1-26(2)19-14-12-18(13-15-19)16-21(17-24)30(27,28)25-22-10-6-7-11-23(22)29-20-8-4-3-5-9-20/h3-16,25H,1-2H3. The summed E-state index contributed by atoms with van der Waals surface area (Å²) >= 11 is 0. The van der Waals surface area contributed by atoms with Crippen molar-refractivity contribution in [2.45, 2.75) is 0 Å². The van der Waals surface area contributed by atoms with Gasteiger partial charge in [0.05, 0.1) is 5.69 Å². The van der Waals surface area contributed by atoms with E-state index in [1.165, 1.54) is 6.08 Å². The van der Waals surface area contributed by atoms with Crippen LogP contribution >= 0.6 is 0 Å². The number of allylic oxidation sites excluding steroid dienone is 1. The Morgan fingerprint density at radius 3 is 2.23 bits per heavy atom. The first kappa shape index (κ1) is 21.0. The zero-order valence-corrected chi connectivity index (χ0v) is 17.4. The van der Waals surface area contributed by atoms with Gasteiger partial charge in [-0.15, -0.1) is 0 Å². The fraction of sp³-hybridized carbons (Fsp3) is 0.0870. The molecule has 0 spiro atoms. The first-order valence-electron chi connectivity index (χ1n) is 9.13. The maximum Gasteiger partial charge on any atom is 0.272 e. The van der Waals surface area contributed by atoms with Gasteiger partial charge >= 0.3 is 0 Å². The topological polar surface area (TPSA) is 82.4 Å². The molecule has 0 fully saturated rings. The molecule has 3 aromatic rings. The van der Waals surface area contributed by atoms with Crippen molar-refractivity contribution < 1.29 is 13.2 Å². The minimum Gasteiger partial charge on any atom is -0.455 e. The van der Waals surface area contributed by atoms with Gasteiger partial charge in [0.25, 0.3) is 10.0 Å². The third-order valence-corrected chi connectivity index (χ3v) is 5.49. The summed E-state index contributed by atoms with van der Waals surface area (Å²) in [6, 6.07) is 24.7. The second-order valence-electron chi connectivity index (χ2n) is 6.62. The van der Waals surface area contributed by atoms with E-state index in [1.54, 1.807) is 54.6 Å². The SMILES string of the molecule is CN(C)c1ccc(C=C(C#N)S(=O)(=O)Nc2ccccc2Oc2ccccc2)cc1. The van der Waals surface area contributed by atoms with E-state index in [9.17, 15) is 13.7 Å². The van der Waals surface area contributed by atoms with Crippen LogP contribution in [-0.4, -0.2) is 22.5 Å². The first-order valence-corrected chi connectivity index (χ1v) is 10.6. The zero-order chi connectivity index (χ0) is 21.6. The van der Waals surface area contributed by atoms with Crippen molar-refractivity contribution in [3.05, 3.63) is 89.3 Å². The third kappa shape index (κ3) is 5.19. The normalized spacial score (nSPS) is 11.4. The minimum absolute atomic E-state index is 0.241. The van der Waals surface area contributed by atoms with Crippen molar-refractivity contribution in [2.75, 3.05) is 23.7 Å². The van der Waals surface area contributed by atoms with E-state index in [0.717, 1.165) is 5.69 Å². The van der Waals surface area contributed by atoms with Crippen molar-refractivity contribution in [2.24, 2.45) is 0 Å². The Morgan fingerprint density at radius 1 is 0.967 bits per heavy atom. The molecule has 3 rings (SSSR count). The van der Waals surface area contributed by atoms with Gasteiger partial charge in [-0.05, 0) is 48.0 Å². The number of rotatable bonds is 7. The first-order chi connectivity index (χ1) is 14.4. The average molecular weight is 420 g/mol. The van der Waals surface area contributed by atoms with Crippen molar-refractivity contribution in [3.8, 4) is 17.6 Å². The summed E-state index contributed by atoms with van der Waals surface area (Å²) < 4.78 is 33.9. The van der Waals surface area contributed by atoms with Crippen LogP contribution in [0.15, 0.2) is 83.8 Å². The van der Waals surface area contributed by atoms with Gasteiger partial charge in [0.1, 0.15) is 11.8 Å². The molecule has 6 nitrogen and oxygen atoms in total. The van der Waals surface area contributed by atoms with Gasteiger partial charge in [-0.25, -0.2) is 8.42 Å². The van der Waals surface area contributed by atoms with Gasteiger partial charge in [-0.2, -0.15) is 5.26 Å². The molecular weight excluding hydrogens is 398 g/mol. The molecular formula is C23H21N3O3S. The van der Waals surface area contributed by atoms with E-state index in [2.05, 4.69) is 4.72 Å². The number of anilines is 2. The summed E-state index contributed by atoms with van der Waals surface area (Å²) in [5, 5.41) is 9.47. The number of hydrogen-bond acceptors (Lipinski definition) is 5. The Bertz CT molecular complexity index is 1180. The molecule has 7 heteroatoms. The van der Waals surface area contributed by atoms with Gasteiger partial charge in [0.15, 0.2) is 10.7 Å². The Labute approximate surface area is 176 Å². The van der Waals surface area contributed by atoms with Crippen LogP contribution in [0.5, 0.6) is 11.5 Å². The molecule has 1 N–H and O–H groups in total. The summed E-state index contributed by atoms with van der Waals surface area (Å²) in [5.41, 5.74) is 1.82.